The van der Waals surface area contributed by atoms with Gasteiger partial charge in [0.1, 0.15) is 0 Å². The molecular formula is C12H17ClN2O2S2. The van der Waals surface area contributed by atoms with Crippen molar-refractivity contribution < 1.29 is 8.42 Å². The lowest BCUT2D eigenvalue weighted by Crippen LogP contribution is -2.33. The van der Waals surface area contributed by atoms with Crippen molar-refractivity contribution in [3.8, 4) is 0 Å². The van der Waals surface area contributed by atoms with E-state index in [1.807, 2.05) is 0 Å². The zero-order valence-electron chi connectivity index (χ0n) is 10.7. The van der Waals surface area contributed by atoms with Crippen molar-refractivity contribution in [1.29, 1.82) is 0 Å². The molecule has 7 heteroatoms. The second-order valence-corrected chi connectivity index (χ2v) is 8.05. The van der Waals surface area contributed by atoms with Gasteiger partial charge in [-0.2, -0.15) is 16.1 Å². The standard InChI is InChI=1S/C12H17ClN2O2S2/c1-9-7-10(8-11(14)12(9)13)19(16,17)15-3-2-5-18-6-4-15/h7-8H,2-6,14H2,1H3. The number of halogens is 1. The minimum atomic E-state index is -3.47. The number of nitrogens with two attached hydrogens (primary N) is 1. The zero-order chi connectivity index (χ0) is 14.0. The Labute approximate surface area is 123 Å². The number of thioether (sulfide) groups is 1. The van der Waals surface area contributed by atoms with Crippen molar-refractivity contribution in [2.24, 2.45) is 0 Å². The van der Waals surface area contributed by atoms with Crippen LogP contribution in [-0.4, -0.2) is 37.3 Å². The largest absolute Gasteiger partial charge is 0.397 e. The van der Waals surface area contributed by atoms with Crippen LogP contribution in [-0.2, 0) is 10.0 Å². The van der Waals surface area contributed by atoms with E-state index in [4.69, 9.17) is 17.3 Å². The van der Waals surface area contributed by atoms with E-state index in [2.05, 4.69) is 0 Å². The fourth-order valence-corrected chi connectivity index (χ4v) is 4.74. The average Bonchev–Trinajstić information content (AvgIpc) is 2.64. The summed E-state index contributed by atoms with van der Waals surface area (Å²) in [6.45, 7) is 2.88. The molecule has 2 rings (SSSR count). The average molecular weight is 321 g/mol. The Kier molecular flexibility index (Phi) is 4.66. The zero-order valence-corrected chi connectivity index (χ0v) is 13.1. The van der Waals surface area contributed by atoms with Gasteiger partial charge in [-0.3, -0.25) is 0 Å². The monoisotopic (exact) mass is 320 g/mol. The van der Waals surface area contributed by atoms with Crippen LogP contribution in [0.1, 0.15) is 12.0 Å². The highest BCUT2D eigenvalue weighted by atomic mass is 35.5. The smallest absolute Gasteiger partial charge is 0.243 e. The molecule has 0 unspecified atom stereocenters. The van der Waals surface area contributed by atoms with Crippen molar-refractivity contribution in [2.45, 2.75) is 18.2 Å². The summed E-state index contributed by atoms with van der Waals surface area (Å²) in [5.41, 5.74) is 6.75. The van der Waals surface area contributed by atoms with Crippen molar-refractivity contribution in [3.63, 3.8) is 0 Å². The maximum Gasteiger partial charge on any atom is 0.243 e. The fourth-order valence-electron chi connectivity index (χ4n) is 2.02. The third kappa shape index (κ3) is 3.18. The number of hydrogen-bond donors (Lipinski definition) is 1. The molecule has 0 atom stereocenters. The first-order valence-electron chi connectivity index (χ1n) is 6.06. The molecular weight excluding hydrogens is 304 g/mol. The van der Waals surface area contributed by atoms with E-state index in [0.29, 0.717) is 29.4 Å². The first kappa shape index (κ1) is 15.0. The maximum atomic E-state index is 12.6. The normalized spacial score (nSPS) is 18.2. The molecule has 0 saturated carbocycles. The van der Waals surface area contributed by atoms with Gasteiger partial charge in [0.05, 0.1) is 15.6 Å². The molecule has 0 amide bonds. The molecule has 0 aliphatic carbocycles. The molecule has 106 valence electrons. The van der Waals surface area contributed by atoms with Gasteiger partial charge in [0, 0.05) is 18.8 Å². The molecule has 1 saturated heterocycles. The van der Waals surface area contributed by atoms with E-state index >= 15 is 0 Å². The van der Waals surface area contributed by atoms with E-state index < -0.39 is 10.0 Å². The first-order chi connectivity index (χ1) is 8.93. The maximum absolute atomic E-state index is 12.6. The number of hydrogen-bond acceptors (Lipinski definition) is 4. The van der Waals surface area contributed by atoms with Crippen LogP contribution < -0.4 is 5.73 Å². The Morgan fingerprint density at radius 2 is 2.05 bits per heavy atom. The molecule has 1 fully saturated rings. The lowest BCUT2D eigenvalue weighted by Gasteiger charge is -2.20. The lowest BCUT2D eigenvalue weighted by molar-refractivity contribution is 0.435. The van der Waals surface area contributed by atoms with Crippen LogP contribution in [0.25, 0.3) is 0 Å². The van der Waals surface area contributed by atoms with Gasteiger partial charge in [-0.25, -0.2) is 8.42 Å². The van der Waals surface area contributed by atoms with Crippen LogP contribution in [0.5, 0.6) is 0 Å². The summed E-state index contributed by atoms with van der Waals surface area (Å²) in [4.78, 5) is 0.235. The first-order valence-corrected chi connectivity index (χ1v) is 9.03. The number of aryl methyl sites for hydroxylation is 1. The summed E-state index contributed by atoms with van der Waals surface area (Å²) in [5, 5.41) is 0.422. The Morgan fingerprint density at radius 3 is 2.74 bits per heavy atom. The predicted molar refractivity (Wildman–Crippen MR) is 81.3 cm³/mol. The highest BCUT2D eigenvalue weighted by Crippen LogP contribution is 2.29. The van der Waals surface area contributed by atoms with E-state index in [1.165, 1.54) is 10.4 Å². The van der Waals surface area contributed by atoms with Gasteiger partial charge in [-0.15, -0.1) is 0 Å². The minimum Gasteiger partial charge on any atom is -0.397 e. The van der Waals surface area contributed by atoms with Crippen LogP contribution in [0.2, 0.25) is 5.02 Å². The van der Waals surface area contributed by atoms with Crippen LogP contribution >= 0.6 is 23.4 Å². The summed E-state index contributed by atoms with van der Waals surface area (Å²) < 4.78 is 26.7. The van der Waals surface area contributed by atoms with Crippen molar-refractivity contribution in [1.82, 2.24) is 4.31 Å². The number of rotatable bonds is 2. The van der Waals surface area contributed by atoms with Crippen molar-refractivity contribution in [2.75, 3.05) is 30.3 Å². The Balaban J connectivity index is 2.38. The molecule has 19 heavy (non-hydrogen) atoms. The van der Waals surface area contributed by atoms with Crippen molar-refractivity contribution in [3.05, 3.63) is 22.7 Å². The summed E-state index contributed by atoms with van der Waals surface area (Å²) in [6, 6.07) is 3.04. The van der Waals surface area contributed by atoms with E-state index in [0.717, 1.165) is 17.9 Å². The quantitative estimate of drug-likeness (QED) is 0.850. The number of sulfonamides is 1. The number of nitrogen functional groups attached to an aromatic ring is 1. The van der Waals surface area contributed by atoms with Gasteiger partial charge in [-0.05, 0) is 36.8 Å². The molecule has 1 aromatic rings. The Bertz CT molecular complexity index is 544. The highest BCUT2D eigenvalue weighted by Gasteiger charge is 2.26. The van der Waals surface area contributed by atoms with E-state index in [9.17, 15) is 8.42 Å². The van der Waals surface area contributed by atoms with Gasteiger partial charge < -0.3 is 5.73 Å². The molecule has 1 heterocycles. The third-order valence-corrected chi connectivity index (χ3v) is 6.52. The third-order valence-electron chi connectivity index (χ3n) is 3.08. The molecule has 4 nitrogen and oxygen atoms in total. The lowest BCUT2D eigenvalue weighted by atomic mass is 10.2. The molecule has 1 aliphatic heterocycles. The highest BCUT2D eigenvalue weighted by molar-refractivity contribution is 7.99. The van der Waals surface area contributed by atoms with E-state index in [-0.39, 0.29) is 4.90 Å². The summed E-state index contributed by atoms with van der Waals surface area (Å²) in [7, 11) is -3.47. The topological polar surface area (TPSA) is 63.4 Å². The molecule has 0 bridgehead atoms. The van der Waals surface area contributed by atoms with Gasteiger partial charge >= 0.3 is 0 Å². The van der Waals surface area contributed by atoms with Crippen LogP contribution in [0.3, 0.4) is 0 Å². The van der Waals surface area contributed by atoms with Crippen LogP contribution in [0.15, 0.2) is 17.0 Å². The fraction of sp³-hybridized carbons (Fsp3) is 0.500. The Morgan fingerprint density at radius 1 is 1.32 bits per heavy atom. The number of benzene rings is 1. The van der Waals surface area contributed by atoms with Crippen LogP contribution in [0, 0.1) is 6.92 Å². The van der Waals surface area contributed by atoms with Crippen LogP contribution in [0.4, 0.5) is 5.69 Å². The predicted octanol–water partition coefficient (Wildman–Crippen LogP) is 2.36. The Hall–Kier alpha value is -0.430. The van der Waals surface area contributed by atoms with Gasteiger partial charge in [0.2, 0.25) is 10.0 Å². The molecule has 0 radical (unpaired) electrons. The summed E-state index contributed by atoms with van der Waals surface area (Å²) >= 11 is 7.76. The SMILES string of the molecule is Cc1cc(S(=O)(=O)N2CCCSCC2)cc(N)c1Cl. The molecule has 0 spiro atoms. The molecule has 1 aliphatic rings. The van der Waals surface area contributed by atoms with Crippen molar-refractivity contribution >= 4 is 39.1 Å². The number of anilines is 1. The molecule has 1 aromatic carbocycles. The molecule has 2 N–H and O–H groups in total. The second kappa shape index (κ2) is 5.91. The summed E-state index contributed by atoms with van der Waals surface area (Å²) in [5.74, 6) is 1.84. The number of nitrogens with zero attached hydrogens (tertiary/aromatic N) is 1. The minimum absolute atomic E-state index is 0.235. The summed E-state index contributed by atoms with van der Waals surface area (Å²) in [6.07, 6.45) is 0.881. The molecule has 0 aromatic heterocycles. The van der Waals surface area contributed by atoms with Gasteiger partial charge in [0.25, 0.3) is 0 Å². The van der Waals surface area contributed by atoms with Gasteiger partial charge in [0.15, 0.2) is 0 Å². The van der Waals surface area contributed by atoms with Gasteiger partial charge in [-0.1, -0.05) is 11.6 Å². The van der Waals surface area contributed by atoms with E-state index in [1.54, 1.807) is 24.8 Å². The second-order valence-electron chi connectivity index (χ2n) is 4.51.